The Labute approximate surface area is 213 Å². The van der Waals surface area contributed by atoms with Crippen molar-refractivity contribution in [1.29, 1.82) is 0 Å². The van der Waals surface area contributed by atoms with E-state index >= 15 is 0 Å². The number of nitrogens with zero attached hydrogens (tertiary/aromatic N) is 1. The van der Waals surface area contributed by atoms with Crippen LogP contribution in [0.5, 0.6) is 11.5 Å². The lowest BCUT2D eigenvalue weighted by Gasteiger charge is -2.43. The predicted molar refractivity (Wildman–Crippen MR) is 135 cm³/mol. The van der Waals surface area contributed by atoms with Gasteiger partial charge in [0.1, 0.15) is 23.3 Å². The molecule has 1 aromatic heterocycles. The maximum Gasteiger partial charge on any atom is 0.416 e. The molecule has 0 aliphatic carbocycles. The van der Waals surface area contributed by atoms with Gasteiger partial charge in [-0.05, 0) is 48.0 Å². The van der Waals surface area contributed by atoms with Gasteiger partial charge in [0.05, 0.1) is 12.2 Å². The molecule has 0 amide bonds. The third-order valence-corrected chi connectivity index (χ3v) is 7.01. The number of hydrogen-bond acceptors (Lipinski definition) is 4. The van der Waals surface area contributed by atoms with Crippen LogP contribution in [-0.4, -0.2) is 40.9 Å². The topological polar surface area (TPSA) is 57.7 Å². The largest absolute Gasteiger partial charge is 0.493 e. The van der Waals surface area contributed by atoms with Gasteiger partial charge in [-0.25, -0.2) is 0 Å². The summed E-state index contributed by atoms with van der Waals surface area (Å²) in [5.74, 6) is 1.16. The van der Waals surface area contributed by atoms with Crippen LogP contribution in [0.4, 0.5) is 13.2 Å². The molecule has 2 N–H and O–H groups in total. The molecule has 5 nitrogen and oxygen atoms in total. The van der Waals surface area contributed by atoms with Crippen molar-refractivity contribution in [2.45, 2.75) is 37.3 Å². The second kappa shape index (κ2) is 10.5. The summed E-state index contributed by atoms with van der Waals surface area (Å²) in [6.07, 6.45) is -1.60. The van der Waals surface area contributed by atoms with Gasteiger partial charge in [-0.2, -0.15) is 13.2 Å². The summed E-state index contributed by atoms with van der Waals surface area (Å²) in [6, 6.07) is 22.3. The number of aliphatic hydroxyl groups excluding tert-OH is 1. The van der Waals surface area contributed by atoms with Crippen molar-refractivity contribution in [3.63, 3.8) is 0 Å². The number of piperidine rings is 1. The Balaban J connectivity index is 1.23. The summed E-state index contributed by atoms with van der Waals surface area (Å²) in [6.45, 7) is 1.52. The minimum Gasteiger partial charge on any atom is -0.493 e. The fourth-order valence-corrected chi connectivity index (χ4v) is 4.95. The van der Waals surface area contributed by atoms with Gasteiger partial charge in [-0.1, -0.05) is 36.4 Å². The standard InChI is InChI=1S/C29H29F3N2O3/c30-29(31,32)22-9-11-23(12-10-22)37-28(21-5-2-1-3-6-21)15-18-34(19-16-28)27(35)14-20-36-26-8-4-7-25-24(26)13-17-33-25/h1-13,17,27,33,35H,14-16,18-20H2. The quantitative estimate of drug-likeness (QED) is 0.290. The van der Waals surface area contributed by atoms with Crippen LogP contribution in [0, 0.1) is 0 Å². The Morgan fingerprint density at radius 3 is 2.35 bits per heavy atom. The van der Waals surface area contributed by atoms with E-state index in [0.717, 1.165) is 34.3 Å². The molecule has 2 heterocycles. The van der Waals surface area contributed by atoms with Crippen LogP contribution in [0.15, 0.2) is 85.1 Å². The number of ether oxygens (including phenoxy) is 2. The first kappa shape index (κ1) is 25.2. The third kappa shape index (κ3) is 5.60. The van der Waals surface area contributed by atoms with Crippen LogP contribution in [-0.2, 0) is 11.8 Å². The maximum absolute atomic E-state index is 13.0. The normalized spacial score (nSPS) is 17.0. The van der Waals surface area contributed by atoms with E-state index in [1.54, 1.807) is 0 Å². The van der Waals surface area contributed by atoms with Crippen molar-refractivity contribution in [2.24, 2.45) is 0 Å². The highest BCUT2D eigenvalue weighted by Crippen LogP contribution is 2.39. The molecule has 5 rings (SSSR count). The predicted octanol–water partition coefficient (Wildman–Crippen LogP) is 6.34. The molecule has 1 atom stereocenters. The van der Waals surface area contributed by atoms with Gasteiger partial charge in [0.25, 0.3) is 0 Å². The van der Waals surface area contributed by atoms with Crippen molar-refractivity contribution in [3.8, 4) is 11.5 Å². The molecule has 37 heavy (non-hydrogen) atoms. The van der Waals surface area contributed by atoms with E-state index in [0.29, 0.717) is 44.7 Å². The summed E-state index contributed by atoms with van der Waals surface area (Å²) in [5.41, 5.74) is 0.561. The Morgan fingerprint density at radius 1 is 0.919 bits per heavy atom. The maximum atomic E-state index is 13.0. The molecule has 0 bridgehead atoms. The monoisotopic (exact) mass is 510 g/mol. The molecule has 1 aliphatic rings. The smallest absolute Gasteiger partial charge is 0.416 e. The number of H-pyrrole nitrogens is 1. The molecule has 0 spiro atoms. The first-order chi connectivity index (χ1) is 17.8. The summed E-state index contributed by atoms with van der Waals surface area (Å²) < 4.78 is 51.3. The van der Waals surface area contributed by atoms with E-state index in [9.17, 15) is 18.3 Å². The summed E-state index contributed by atoms with van der Waals surface area (Å²) in [7, 11) is 0. The van der Waals surface area contributed by atoms with E-state index in [2.05, 4.69) is 4.98 Å². The lowest BCUT2D eigenvalue weighted by Crippen LogP contribution is -2.49. The second-order valence-electron chi connectivity index (χ2n) is 9.33. The fourth-order valence-electron chi connectivity index (χ4n) is 4.95. The fraction of sp³-hybridized carbons (Fsp3) is 0.310. The number of likely N-dealkylation sites (tertiary alicyclic amines) is 1. The third-order valence-electron chi connectivity index (χ3n) is 7.01. The Hall–Kier alpha value is -3.49. The molecule has 8 heteroatoms. The number of nitrogens with one attached hydrogen (secondary N) is 1. The number of halogens is 3. The first-order valence-electron chi connectivity index (χ1n) is 12.4. The molecule has 1 fully saturated rings. The minimum atomic E-state index is -4.39. The zero-order chi connectivity index (χ0) is 25.9. The van der Waals surface area contributed by atoms with Crippen LogP contribution >= 0.6 is 0 Å². The molecule has 4 aromatic rings. The van der Waals surface area contributed by atoms with E-state index in [1.165, 1.54) is 12.1 Å². The van der Waals surface area contributed by atoms with Crippen LogP contribution in [0.25, 0.3) is 10.9 Å². The number of benzene rings is 3. The van der Waals surface area contributed by atoms with E-state index in [4.69, 9.17) is 9.47 Å². The summed E-state index contributed by atoms with van der Waals surface area (Å²) in [5, 5.41) is 11.9. The highest BCUT2D eigenvalue weighted by atomic mass is 19.4. The number of hydrogen-bond donors (Lipinski definition) is 2. The molecule has 1 unspecified atom stereocenters. The minimum absolute atomic E-state index is 0.369. The zero-order valence-corrected chi connectivity index (χ0v) is 20.2. The first-order valence-corrected chi connectivity index (χ1v) is 12.4. The van der Waals surface area contributed by atoms with Gasteiger partial charge in [0.15, 0.2) is 0 Å². The average molecular weight is 511 g/mol. The van der Waals surface area contributed by atoms with Crippen molar-refractivity contribution < 1.29 is 27.8 Å². The van der Waals surface area contributed by atoms with Crippen LogP contribution < -0.4 is 9.47 Å². The molecular weight excluding hydrogens is 481 g/mol. The van der Waals surface area contributed by atoms with E-state index in [-0.39, 0.29) is 0 Å². The molecule has 194 valence electrons. The Kier molecular flexibility index (Phi) is 7.13. The van der Waals surface area contributed by atoms with Crippen LogP contribution in [0.1, 0.15) is 30.4 Å². The molecular formula is C29H29F3N2O3. The van der Waals surface area contributed by atoms with Gasteiger partial charge in [-0.15, -0.1) is 0 Å². The Bertz CT molecular complexity index is 1300. The van der Waals surface area contributed by atoms with E-state index < -0.39 is 23.6 Å². The molecule has 1 saturated heterocycles. The number of aliphatic hydroxyl groups is 1. The van der Waals surface area contributed by atoms with E-state index in [1.807, 2.05) is 65.7 Å². The average Bonchev–Trinajstić information content (AvgIpc) is 3.39. The van der Waals surface area contributed by atoms with Gasteiger partial charge >= 0.3 is 6.18 Å². The highest BCUT2D eigenvalue weighted by Gasteiger charge is 2.40. The molecule has 1 aliphatic heterocycles. The van der Waals surface area contributed by atoms with Crippen LogP contribution in [0.3, 0.4) is 0 Å². The molecule has 0 radical (unpaired) electrons. The number of aromatic amines is 1. The number of rotatable bonds is 8. The van der Waals surface area contributed by atoms with Crippen molar-refractivity contribution in [3.05, 3.63) is 96.2 Å². The van der Waals surface area contributed by atoms with Crippen molar-refractivity contribution >= 4 is 10.9 Å². The van der Waals surface area contributed by atoms with Crippen molar-refractivity contribution in [1.82, 2.24) is 9.88 Å². The molecule has 0 saturated carbocycles. The lowest BCUT2D eigenvalue weighted by atomic mass is 9.83. The van der Waals surface area contributed by atoms with Gasteiger partial charge in [0, 0.05) is 49.5 Å². The second-order valence-corrected chi connectivity index (χ2v) is 9.33. The molecule has 3 aromatic carbocycles. The number of fused-ring (bicyclic) bond motifs is 1. The zero-order valence-electron chi connectivity index (χ0n) is 20.2. The van der Waals surface area contributed by atoms with Gasteiger partial charge < -0.3 is 19.6 Å². The summed E-state index contributed by atoms with van der Waals surface area (Å²) in [4.78, 5) is 5.16. The number of aromatic nitrogens is 1. The van der Waals surface area contributed by atoms with Crippen LogP contribution in [0.2, 0.25) is 0 Å². The van der Waals surface area contributed by atoms with Gasteiger partial charge in [-0.3, -0.25) is 4.90 Å². The lowest BCUT2D eigenvalue weighted by molar-refractivity contribution is -0.137. The highest BCUT2D eigenvalue weighted by molar-refractivity contribution is 5.85. The summed E-state index contributed by atoms with van der Waals surface area (Å²) >= 11 is 0. The van der Waals surface area contributed by atoms with Gasteiger partial charge in [0.2, 0.25) is 0 Å². The number of alkyl halides is 3. The SMILES string of the molecule is OC(CCOc1cccc2[nH]ccc12)N1CCC(Oc2ccc(C(F)(F)F)cc2)(c2ccccc2)CC1. The Morgan fingerprint density at radius 2 is 1.65 bits per heavy atom. The van der Waals surface area contributed by atoms with Crippen molar-refractivity contribution in [2.75, 3.05) is 19.7 Å².